The second-order valence-electron chi connectivity index (χ2n) is 5.22. The topological polar surface area (TPSA) is 75.6 Å². The summed E-state index contributed by atoms with van der Waals surface area (Å²) in [4.78, 5) is 21.3. The zero-order valence-corrected chi connectivity index (χ0v) is 11.1. The number of nitrogens with zero attached hydrogens (tertiary/aromatic N) is 3. The summed E-state index contributed by atoms with van der Waals surface area (Å²) in [5.41, 5.74) is 0.463. The molecule has 6 nitrogen and oxygen atoms in total. The van der Waals surface area contributed by atoms with E-state index >= 15 is 0 Å². The first kappa shape index (κ1) is 12.8. The molecule has 6 heteroatoms. The second kappa shape index (κ2) is 4.72. The fourth-order valence-electron chi connectivity index (χ4n) is 2.34. The summed E-state index contributed by atoms with van der Waals surface area (Å²) in [6, 6.07) is 7.80. The van der Waals surface area contributed by atoms with Crippen LogP contribution in [-0.2, 0) is 9.53 Å². The summed E-state index contributed by atoms with van der Waals surface area (Å²) in [6.45, 7) is 2.81. The highest BCUT2D eigenvalue weighted by Crippen LogP contribution is 2.28. The van der Waals surface area contributed by atoms with Gasteiger partial charge in [0.25, 0.3) is 0 Å². The van der Waals surface area contributed by atoms with Crippen molar-refractivity contribution in [3.63, 3.8) is 0 Å². The van der Waals surface area contributed by atoms with E-state index in [0.29, 0.717) is 19.0 Å². The number of benzene rings is 1. The number of carboxylic acids is 1. The molecule has 0 saturated carbocycles. The fourth-order valence-corrected chi connectivity index (χ4v) is 2.34. The maximum absolute atomic E-state index is 10.5. The van der Waals surface area contributed by atoms with E-state index in [1.54, 1.807) is 6.20 Å². The molecule has 2 aromatic rings. The Balaban J connectivity index is 1.70. The minimum absolute atomic E-state index is 0.275. The molecule has 1 aromatic heterocycles. The van der Waals surface area contributed by atoms with Gasteiger partial charge in [0.05, 0.1) is 18.6 Å². The lowest BCUT2D eigenvalue weighted by atomic mass is 9.97. The fraction of sp³-hybridized carbons (Fsp3) is 0.357. The van der Waals surface area contributed by atoms with Crippen LogP contribution >= 0.6 is 0 Å². The first-order valence-corrected chi connectivity index (χ1v) is 6.38. The summed E-state index contributed by atoms with van der Waals surface area (Å²) < 4.78 is 5.37. The van der Waals surface area contributed by atoms with E-state index in [9.17, 15) is 4.79 Å². The number of hydrogen-bond donors (Lipinski definition) is 1. The maximum atomic E-state index is 10.5. The van der Waals surface area contributed by atoms with E-state index in [0.717, 1.165) is 10.9 Å². The number of rotatable bonds is 4. The van der Waals surface area contributed by atoms with Crippen LogP contribution in [0.2, 0.25) is 0 Å². The van der Waals surface area contributed by atoms with Gasteiger partial charge in [-0.05, 0) is 13.0 Å². The van der Waals surface area contributed by atoms with Crippen molar-refractivity contribution >= 4 is 22.8 Å². The Kier molecular flexibility index (Phi) is 3.02. The third-order valence-electron chi connectivity index (χ3n) is 3.35. The van der Waals surface area contributed by atoms with Gasteiger partial charge in [-0.3, -0.25) is 0 Å². The third kappa shape index (κ3) is 2.42. The summed E-state index contributed by atoms with van der Waals surface area (Å²) >= 11 is 0. The van der Waals surface area contributed by atoms with Crippen LogP contribution in [0.1, 0.15) is 6.92 Å². The first-order valence-electron chi connectivity index (χ1n) is 6.38. The van der Waals surface area contributed by atoms with Crippen LogP contribution in [0.25, 0.3) is 10.9 Å². The molecule has 1 aromatic carbocycles. The molecule has 1 saturated heterocycles. The van der Waals surface area contributed by atoms with Crippen LogP contribution in [-0.4, -0.2) is 46.3 Å². The predicted molar refractivity (Wildman–Crippen MR) is 73.7 cm³/mol. The van der Waals surface area contributed by atoms with Gasteiger partial charge in [-0.1, -0.05) is 18.2 Å². The van der Waals surface area contributed by atoms with Crippen LogP contribution in [0.5, 0.6) is 0 Å². The Bertz CT molecular complexity index is 653. The zero-order valence-electron chi connectivity index (χ0n) is 11.1. The highest BCUT2D eigenvalue weighted by molar-refractivity contribution is 5.78. The van der Waals surface area contributed by atoms with Crippen LogP contribution in [0.3, 0.4) is 0 Å². The molecule has 0 unspecified atom stereocenters. The largest absolute Gasteiger partial charge is 0.480 e. The predicted octanol–water partition coefficient (Wildman–Crippen LogP) is 1.31. The molecular weight excluding hydrogens is 258 g/mol. The number of hydrogen-bond acceptors (Lipinski definition) is 5. The van der Waals surface area contributed by atoms with Crippen LogP contribution in [0.4, 0.5) is 5.95 Å². The van der Waals surface area contributed by atoms with Gasteiger partial charge in [0.1, 0.15) is 12.2 Å². The molecule has 0 aliphatic carbocycles. The molecule has 2 heterocycles. The number of carbonyl (C=O) groups is 1. The lowest BCUT2D eigenvalue weighted by molar-refractivity contribution is -0.150. The SMILES string of the molecule is CC1(OCC(=O)O)CN(c2ncc3ccccc3n2)C1. The highest BCUT2D eigenvalue weighted by Gasteiger charge is 2.41. The zero-order chi connectivity index (χ0) is 14.2. The standard InChI is InChI=1S/C14H15N3O3/c1-14(20-7-12(18)19)8-17(9-14)13-15-6-10-4-2-3-5-11(10)16-13/h2-6H,7-9H2,1H3,(H,18,19). The van der Waals surface area contributed by atoms with Crippen molar-refractivity contribution < 1.29 is 14.6 Å². The van der Waals surface area contributed by atoms with Crippen molar-refractivity contribution in [1.82, 2.24) is 9.97 Å². The Morgan fingerprint density at radius 2 is 2.20 bits per heavy atom. The van der Waals surface area contributed by atoms with Gasteiger partial charge in [0.15, 0.2) is 0 Å². The Hall–Kier alpha value is -2.21. The van der Waals surface area contributed by atoms with E-state index in [-0.39, 0.29) is 6.61 Å². The summed E-state index contributed by atoms with van der Waals surface area (Å²) in [5.74, 6) is -0.299. The molecule has 1 N–H and O–H groups in total. The van der Waals surface area contributed by atoms with Crippen molar-refractivity contribution in [2.75, 3.05) is 24.6 Å². The van der Waals surface area contributed by atoms with Gasteiger partial charge in [-0.25, -0.2) is 14.8 Å². The normalized spacial score (nSPS) is 16.9. The van der Waals surface area contributed by atoms with E-state index in [4.69, 9.17) is 9.84 Å². The smallest absolute Gasteiger partial charge is 0.329 e. The number of fused-ring (bicyclic) bond motifs is 1. The second-order valence-corrected chi connectivity index (χ2v) is 5.22. The Morgan fingerprint density at radius 3 is 2.95 bits per heavy atom. The van der Waals surface area contributed by atoms with Crippen LogP contribution in [0, 0.1) is 0 Å². The van der Waals surface area contributed by atoms with Crippen molar-refractivity contribution in [2.24, 2.45) is 0 Å². The molecule has 1 aliphatic rings. The number of aliphatic carboxylic acids is 1. The molecular formula is C14H15N3O3. The first-order chi connectivity index (χ1) is 9.56. The molecule has 20 heavy (non-hydrogen) atoms. The van der Waals surface area contributed by atoms with Crippen molar-refractivity contribution in [1.29, 1.82) is 0 Å². The van der Waals surface area contributed by atoms with Crippen LogP contribution < -0.4 is 4.90 Å². The van der Waals surface area contributed by atoms with Gasteiger partial charge in [0.2, 0.25) is 5.95 Å². The summed E-state index contributed by atoms with van der Waals surface area (Å²) in [5, 5.41) is 9.64. The number of carboxylic acid groups (broad SMARTS) is 1. The van der Waals surface area contributed by atoms with Gasteiger partial charge >= 0.3 is 5.97 Å². The molecule has 0 spiro atoms. The molecule has 3 rings (SSSR count). The van der Waals surface area contributed by atoms with Gasteiger partial charge in [-0.2, -0.15) is 0 Å². The average Bonchev–Trinajstić information content (AvgIpc) is 2.41. The summed E-state index contributed by atoms with van der Waals surface area (Å²) in [6.07, 6.45) is 1.80. The molecule has 0 radical (unpaired) electrons. The number of anilines is 1. The van der Waals surface area contributed by atoms with E-state index in [2.05, 4.69) is 9.97 Å². The quantitative estimate of drug-likeness (QED) is 0.905. The van der Waals surface area contributed by atoms with E-state index in [1.165, 1.54) is 0 Å². The maximum Gasteiger partial charge on any atom is 0.329 e. The third-order valence-corrected chi connectivity index (χ3v) is 3.35. The molecule has 1 fully saturated rings. The number of aromatic nitrogens is 2. The minimum Gasteiger partial charge on any atom is -0.480 e. The minimum atomic E-state index is -0.952. The van der Waals surface area contributed by atoms with E-state index < -0.39 is 11.6 Å². The highest BCUT2D eigenvalue weighted by atomic mass is 16.5. The van der Waals surface area contributed by atoms with Gasteiger partial charge in [-0.15, -0.1) is 0 Å². The molecule has 1 aliphatic heterocycles. The number of para-hydroxylation sites is 1. The van der Waals surface area contributed by atoms with Gasteiger partial charge in [0, 0.05) is 11.6 Å². The monoisotopic (exact) mass is 273 g/mol. The Labute approximate surface area is 116 Å². The van der Waals surface area contributed by atoms with Crippen molar-refractivity contribution in [3.05, 3.63) is 30.5 Å². The Morgan fingerprint density at radius 1 is 1.45 bits per heavy atom. The van der Waals surface area contributed by atoms with E-state index in [1.807, 2.05) is 36.1 Å². The molecule has 0 atom stereocenters. The number of ether oxygens (including phenoxy) is 1. The van der Waals surface area contributed by atoms with Crippen molar-refractivity contribution in [3.8, 4) is 0 Å². The average molecular weight is 273 g/mol. The van der Waals surface area contributed by atoms with Gasteiger partial charge < -0.3 is 14.7 Å². The van der Waals surface area contributed by atoms with Crippen LogP contribution in [0.15, 0.2) is 30.5 Å². The lowest BCUT2D eigenvalue weighted by Crippen LogP contribution is -2.62. The molecule has 0 amide bonds. The van der Waals surface area contributed by atoms with Crippen molar-refractivity contribution in [2.45, 2.75) is 12.5 Å². The summed E-state index contributed by atoms with van der Waals surface area (Å²) in [7, 11) is 0. The lowest BCUT2D eigenvalue weighted by Gasteiger charge is -2.47. The molecule has 0 bridgehead atoms. The molecule has 104 valence electrons.